The Morgan fingerprint density at radius 1 is 1.00 bits per heavy atom. The van der Waals surface area contributed by atoms with Gasteiger partial charge in [-0.15, -0.1) is 0 Å². The van der Waals surface area contributed by atoms with E-state index in [0.29, 0.717) is 0 Å². The average Bonchev–Trinajstić information content (AvgIpc) is 2.14. The van der Waals surface area contributed by atoms with Gasteiger partial charge in [0.1, 0.15) is 0 Å². The Morgan fingerprint density at radius 2 is 1.71 bits per heavy atom. The summed E-state index contributed by atoms with van der Waals surface area (Å²) in [6.45, 7) is 4.16. The molecule has 0 heterocycles. The highest BCUT2D eigenvalue weighted by atomic mass is 14.6. The standard InChI is InChI=1S/C12H14N2/c1-7-6-11(14)12-9(8(7)2)4-3-5-10(12)13/h3-6H,13-14H2,1-2H3. The Hall–Kier alpha value is -1.70. The zero-order chi connectivity index (χ0) is 10.3. The molecule has 0 atom stereocenters. The average molecular weight is 186 g/mol. The van der Waals surface area contributed by atoms with Crippen molar-refractivity contribution in [2.75, 3.05) is 11.5 Å². The molecule has 0 amide bonds. The monoisotopic (exact) mass is 186 g/mol. The summed E-state index contributed by atoms with van der Waals surface area (Å²) in [7, 11) is 0. The van der Waals surface area contributed by atoms with Crippen LogP contribution in [0.5, 0.6) is 0 Å². The molecule has 0 radical (unpaired) electrons. The van der Waals surface area contributed by atoms with Crippen LogP contribution in [-0.4, -0.2) is 0 Å². The van der Waals surface area contributed by atoms with Gasteiger partial charge in [-0.2, -0.15) is 0 Å². The van der Waals surface area contributed by atoms with Gasteiger partial charge in [-0.3, -0.25) is 0 Å². The Kier molecular flexibility index (Phi) is 1.84. The molecular weight excluding hydrogens is 172 g/mol. The van der Waals surface area contributed by atoms with Gasteiger partial charge in [-0.05, 0) is 42.5 Å². The molecule has 0 spiro atoms. The van der Waals surface area contributed by atoms with Crippen LogP contribution in [0.3, 0.4) is 0 Å². The van der Waals surface area contributed by atoms with E-state index in [1.165, 1.54) is 11.1 Å². The van der Waals surface area contributed by atoms with Gasteiger partial charge in [0.05, 0.1) is 0 Å². The van der Waals surface area contributed by atoms with E-state index in [4.69, 9.17) is 11.5 Å². The lowest BCUT2D eigenvalue weighted by atomic mass is 9.98. The first-order valence-electron chi connectivity index (χ1n) is 4.65. The Labute approximate surface area is 83.5 Å². The predicted molar refractivity (Wildman–Crippen MR) is 62.2 cm³/mol. The van der Waals surface area contributed by atoms with Gasteiger partial charge in [0.25, 0.3) is 0 Å². The van der Waals surface area contributed by atoms with Gasteiger partial charge in [-0.1, -0.05) is 12.1 Å². The molecule has 14 heavy (non-hydrogen) atoms. The van der Waals surface area contributed by atoms with Crippen LogP contribution >= 0.6 is 0 Å². The van der Waals surface area contributed by atoms with Gasteiger partial charge in [0, 0.05) is 16.8 Å². The fourth-order valence-electron chi connectivity index (χ4n) is 1.83. The quantitative estimate of drug-likeness (QED) is 0.621. The molecule has 0 saturated carbocycles. The van der Waals surface area contributed by atoms with Crippen LogP contribution in [0.4, 0.5) is 11.4 Å². The van der Waals surface area contributed by atoms with Crippen molar-refractivity contribution in [2.24, 2.45) is 0 Å². The lowest BCUT2D eigenvalue weighted by Crippen LogP contribution is -1.96. The molecule has 2 heteroatoms. The second-order valence-corrected chi connectivity index (χ2v) is 3.68. The third kappa shape index (κ3) is 1.11. The van der Waals surface area contributed by atoms with Crippen molar-refractivity contribution in [3.63, 3.8) is 0 Å². The summed E-state index contributed by atoms with van der Waals surface area (Å²) in [6, 6.07) is 7.88. The summed E-state index contributed by atoms with van der Waals surface area (Å²) in [5.41, 5.74) is 15.8. The maximum absolute atomic E-state index is 5.95. The number of benzene rings is 2. The molecule has 72 valence electrons. The van der Waals surface area contributed by atoms with Crippen molar-refractivity contribution in [3.8, 4) is 0 Å². The zero-order valence-electron chi connectivity index (χ0n) is 8.46. The van der Waals surface area contributed by atoms with E-state index < -0.39 is 0 Å². The summed E-state index contributed by atoms with van der Waals surface area (Å²) < 4.78 is 0. The predicted octanol–water partition coefficient (Wildman–Crippen LogP) is 2.62. The SMILES string of the molecule is Cc1cc(N)c2c(N)cccc2c1C. The van der Waals surface area contributed by atoms with Crippen LogP contribution in [-0.2, 0) is 0 Å². The second-order valence-electron chi connectivity index (χ2n) is 3.68. The van der Waals surface area contributed by atoms with Crippen LogP contribution in [0.2, 0.25) is 0 Å². The summed E-state index contributed by atoms with van der Waals surface area (Å²) in [5.74, 6) is 0. The van der Waals surface area contributed by atoms with Crippen LogP contribution < -0.4 is 11.5 Å². The van der Waals surface area contributed by atoms with Crippen molar-refractivity contribution in [2.45, 2.75) is 13.8 Å². The fourth-order valence-corrected chi connectivity index (χ4v) is 1.83. The Balaban J connectivity index is 3.02. The number of aryl methyl sites for hydroxylation is 2. The summed E-state index contributed by atoms with van der Waals surface area (Å²) in [5, 5.41) is 2.14. The topological polar surface area (TPSA) is 52.0 Å². The molecule has 0 bridgehead atoms. The molecule has 2 nitrogen and oxygen atoms in total. The molecule has 0 unspecified atom stereocenters. The van der Waals surface area contributed by atoms with E-state index in [-0.39, 0.29) is 0 Å². The fraction of sp³-hybridized carbons (Fsp3) is 0.167. The van der Waals surface area contributed by atoms with Gasteiger partial charge < -0.3 is 11.5 Å². The summed E-state index contributed by atoms with van der Waals surface area (Å²) in [6.07, 6.45) is 0. The maximum atomic E-state index is 5.95. The molecule has 0 aliphatic heterocycles. The number of fused-ring (bicyclic) bond motifs is 1. The zero-order valence-corrected chi connectivity index (χ0v) is 8.46. The normalized spacial score (nSPS) is 10.7. The summed E-state index contributed by atoms with van der Waals surface area (Å²) in [4.78, 5) is 0. The minimum atomic E-state index is 0.753. The van der Waals surface area contributed by atoms with Crippen LogP contribution in [0, 0.1) is 13.8 Å². The highest BCUT2D eigenvalue weighted by Crippen LogP contribution is 2.31. The van der Waals surface area contributed by atoms with Crippen molar-refractivity contribution >= 4 is 22.1 Å². The molecule has 4 N–H and O–H groups in total. The van der Waals surface area contributed by atoms with Crippen molar-refractivity contribution in [3.05, 3.63) is 35.4 Å². The molecule has 2 rings (SSSR count). The molecule has 2 aromatic rings. The van der Waals surface area contributed by atoms with E-state index >= 15 is 0 Å². The van der Waals surface area contributed by atoms with E-state index in [2.05, 4.69) is 19.9 Å². The molecule has 0 fully saturated rings. The van der Waals surface area contributed by atoms with Gasteiger partial charge in [0.15, 0.2) is 0 Å². The van der Waals surface area contributed by atoms with Crippen molar-refractivity contribution in [1.29, 1.82) is 0 Å². The first-order chi connectivity index (χ1) is 6.61. The van der Waals surface area contributed by atoms with E-state index in [1.807, 2.05) is 18.2 Å². The van der Waals surface area contributed by atoms with Crippen molar-refractivity contribution < 1.29 is 0 Å². The second kappa shape index (κ2) is 2.91. The molecule has 0 aliphatic carbocycles. The smallest absolute Gasteiger partial charge is 0.0417 e. The van der Waals surface area contributed by atoms with E-state index in [0.717, 1.165) is 22.1 Å². The summed E-state index contributed by atoms with van der Waals surface area (Å²) >= 11 is 0. The number of nitrogen functional groups attached to an aromatic ring is 2. The number of hydrogen-bond donors (Lipinski definition) is 2. The highest BCUT2D eigenvalue weighted by molar-refractivity contribution is 6.03. The first kappa shape index (κ1) is 8.88. The first-order valence-corrected chi connectivity index (χ1v) is 4.65. The molecule has 2 aromatic carbocycles. The molecule has 0 aromatic heterocycles. The number of rotatable bonds is 0. The van der Waals surface area contributed by atoms with Gasteiger partial charge >= 0.3 is 0 Å². The number of hydrogen-bond acceptors (Lipinski definition) is 2. The molecule has 0 saturated heterocycles. The Bertz CT molecular complexity index is 501. The largest absolute Gasteiger partial charge is 0.398 e. The van der Waals surface area contributed by atoms with Crippen molar-refractivity contribution in [1.82, 2.24) is 0 Å². The van der Waals surface area contributed by atoms with Gasteiger partial charge in [-0.25, -0.2) is 0 Å². The van der Waals surface area contributed by atoms with Gasteiger partial charge in [0.2, 0.25) is 0 Å². The van der Waals surface area contributed by atoms with E-state index in [1.54, 1.807) is 0 Å². The molecular formula is C12H14N2. The van der Waals surface area contributed by atoms with E-state index in [9.17, 15) is 0 Å². The van der Waals surface area contributed by atoms with Crippen LogP contribution in [0.15, 0.2) is 24.3 Å². The molecule has 0 aliphatic rings. The Morgan fingerprint density at radius 3 is 2.43 bits per heavy atom. The van der Waals surface area contributed by atoms with Crippen LogP contribution in [0.1, 0.15) is 11.1 Å². The minimum absolute atomic E-state index is 0.753. The third-order valence-corrected chi connectivity index (χ3v) is 2.75. The highest BCUT2D eigenvalue weighted by Gasteiger charge is 2.06. The number of nitrogens with two attached hydrogens (primary N) is 2. The lowest BCUT2D eigenvalue weighted by Gasteiger charge is -2.10. The number of anilines is 2. The maximum Gasteiger partial charge on any atom is 0.0417 e. The minimum Gasteiger partial charge on any atom is -0.398 e. The lowest BCUT2D eigenvalue weighted by molar-refractivity contribution is 1.38. The van der Waals surface area contributed by atoms with Crippen LogP contribution in [0.25, 0.3) is 10.8 Å². The third-order valence-electron chi connectivity index (χ3n) is 2.75.